The molecule has 0 aromatic heterocycles. The minimum atomic E-state index is -0.638. The number of amides is 3. The van der Waals surface area contributed by atoms with Crippen LogP contribution in [0, 0.1) is 10.1 Å². The molecule has 0 saturated heterocycles. The molecule has 2 aromatic carbocycles. The molecule has 11 nitrogen and oxygen atoms in total. The van der Waals surface area contributed by atoms with Gasteiger partial charge in [0.05, 0.1) is 11.5 Å². The topological polar surface area (TPSA) is 149 Å². The Bertz CT molecular complexity index is 1020. The number of hydrogen-bond acceptors (Lipinski definition) is 7. The maximum absolute atomic E-state index is 12.0. The number of ether oxygens (including phenoxy) is 2. The Morgan fingerprint density at radius 2 is 1.77 bits per heavy atom. The predicted octanol–water partition coefficient (Wildman–Crippen LogP) is 0.914. The molecule has 0 fully saturated rings. The van der Waals surface area contributed by atoms with E-state index < -0.39 is 22.6 Å². The SMILES string of the molecule is O=C(/C=C/c1ccc([N+](=O)[O-])cc1)NCC(=O)NNC(=O)c1ccc2c(c1)OCO2. The number of benzene rings is 2. The molecule has 0 atom stereocenters. The smallest absolute Gasteiger partial charge is 0.269 e. The maximum atomic E-state index is 12.0. The highest BCUT2D eigenvalue weighted by Crippen LogP contribution is 2.32. The first-order valence-corrected chi connectivity index (χ1v) is 8.61. The Labute approximate surface area is 169 Å². The number of non-ortho nitro benzene ring substituents is 1. The molecule has 11 heteroatoms. The summed E-state index contributed by atoms with van der Waals surface area (Å²) in [6, 6.07) is 10.2. The van der Waals surface area contributed by atoms with Crippen molar-refractivity contribution < 1.29 is 28.8 Å². The normalized spacial score (nSPS) is 11.7. The van der Waals surface area contributed by atoms with Crippen LogP contribution in [0.15, 0.2) is 48.5 Å². The summed E-state index contributed by atoms with van der Waals surface area (Å²) in [6.45, 7) is -0.291. The average Bonchev–Trinajstić information content (AvgIpc) is 3.22. The third kappa shape index (κ3) is 5.32. The summed E-state index contributed by atoms with van der Waals surface area (Å²) >= 11 is 0. The van der Waals surface area contributed by atoms with Gasteiger partial charge in [-0.15, -0.1) is 0 Å². The van der Waals surface area contributed by atoms with Gasteiger partial charge in [0.15, 0.2) is 11.5 Å². The van der Waals surface area contributed by atoms with Crippen molar-refractivity contribution in [2.24, 2.45) is 0 Å². The predicted molar refractivity (Wildman–Crippen MR) is 103 cm³/mol. The zero-order chi connectivity index (χ0) is 21.5. The first-order valence-electron chi connectivity index (χ1n) is 8.61. The molecule has 0 aliphatic carbocycles. The first-order chi connectivity index (χ1) is 14.4. The highest BCUT2D eigenvalue weighted by atomic mass is 16.7. The van der Waals surface area contributed by atoms with Crippen molar-refractivity contribution in [2.75, 3.05) is 13.3 Å². The zero-order valence-electron chi connectivity index (χ0n) is 15.4. The lowest BCUT2D eigenvalue weighted by Gasteiger charge is -2.08. The third-order valence-electron chi connectivity index (χ3n) is 3.90. The van der Waals surface area contributed by atoms with E-state index in [-0.39, 0.29) is 24.6 Å². The largest absolute Gasteiger partial charge is 0.454 e. The van der Waals surface area contributed by atoms with E-state index in [0.717, 1.165) is 0 Å². The van der Waals surface area contributed by atoms with Crippen LogP contribution in [-0.4, -0.2) is 36.0 Å². The number of carbonyl (C=O) groups excluding carboxylic acids is 3. The average molecular weight is 412 g/mol. The Morgan fingerprint density at radius 1 is 1.03 bits per heavy atom. The van der Waals surface area contributed by atoms with E-state index >= 15 is 0 Å². The Morgan fingerprint density at radius 3 is 2.50 bits per heavy atom. The number of hydrogen-bond donors (Lipinski definition) is 3. The van der Waals surface area contributed by atoms with E-state index in [1.54, 1.807) is 6.07 Å². The summed E-state index contributed by atoms with van der Waals surface area (Å²) in [5, 5.41) is 12.9. The van der Waals surface area contributed by atoms with Gasteiger partial charge in [-0.2, -0.15) is 0 Å². The maximum Gasteiger partial charge on any atom is 0.269 e. The molecule has 0 spiro atoms. The van der Waals surface area contributed by atoms with Gasteiger partial charge in [0.1, 0.15) is 0 Å². The number of nitro benzene ring substituents is 1. The molecule has 30 heavy (non-hydrogen) atoms. The molecule has 0 radical (unpaired) electrons. The van der Waals surface area contributed by atoms with Crippen molar-refractivity contribution in [3.63, 3.8) is 0 Å². The Balaban J connectivity index is 1.41. The monoisotopic (exact) mass is 412 g/mol. The molecule has 0 saturated carbocycles. The quantitative estimate of drug-likeness (QED) is 0.363. The van der Waals surface area contributed by atoms with Crippen LogP contribution in [0.2, 0.25) is 0 Å². The number of nitrogens with zero attached hydrogens (tertiary/aromatic N) is 1. The lowest BCUT2D eigenvalue weighted by Crippen LogP contribution is -2.46. The van der Waals surface area contributed by atoms with Gasteiger partial charge in [-0.3, -0.25) is 35.3 Å². The van der Waals surface area contributed by atoms with Crippen LogP contribution in [-0.2, 0) is 9.59 Å². The summed E-state index contributed by atoms with van der Waals surface area (Å²) in [5.41, 5.74) is 5.19. The van der Waals surface area contributed by atoms with Crippen molar-refractivity contribution in [1.82, 2.24) is 16.2 Å². The van der Waals surface area contributed by atoms with E-state index in [2.05, 4.69) is 16.2 Å². The zero-order valence-corrected chi connectivity index (χ0v) is 15.4. The van der Waals surface area contributed by atoms with Gasteiger partial charge in [-0.1, -0.05) is 0 Å². The molecule has 1 aliphatic rings. The van der Waals surface area contributed by atoms with Crippen LogP contribution in [0.4, 0.5) is 5.69 Å². The highest BCUT2D eigenvalue weighted by Gasteiger charge is 2.16. The number of nitrogens with one attached hydrogen (secondary N) is 3. The fraction of sp³-hybridized carbons (Fsp3) is 0.105. The Kier molecular flexibility index (Phi) is 6.23. The number of hydrazine groups is 1. The minimum absolute atomic E-state index is 0.0592. The molecule has 2 aromatic rings. The second kappa shape index (κ2) is 9.19. The van der Waals surface area contributed by atoms with Gasteiger partial charge in [0.25, 0.3) is 17.5 Å². The summed E-state index contributed by atoms with van der Waals surface area (Å²) < 4.78 is 10.3. The van der Waals surface area contributed by atoms with Crippen molar-refractivity contribution in [2.45, 2.75) is 0 Å². The third-order valence-corrected chi connectivity index (χ3v) is 3.90. The molecule has 3 amide bonds. The number of nitro groups is 1. The van der Waals surface area contributed by atoms with E-state index in [9.17, 15) is 24.5 Å². The second-order valence-corrected chi connectivity index (χ2v) is 5.97. The van der Waals surface area contributed by atoms with E-state index in [4.69, 9.17) is 9.47 Å². The summed E-state index contributed by atoms with van der Waals surface area (Å²) in [7, 11) is 0. The van der Waals surface area contributed by atoms with Gasteiger partial charge in [0.2, 0.25) is 12.7 Å². The van der Waals surface area contributed by atoms with Crippen molar-refractivity contribution >= 4 is 29.5 Å². The summed E-state index contributed by atoms with van der Waals surface area (Å²) in [6.07, 6.45) is 2.62. The fourth-order valence-electron chi connectivity index (χ4n) is 2.39. The number of rotatable bonds is 6. The van der Waals surface area contributed by atoms with E-state index in [1.807, 2.05) is 0 Å². The standard InChI is InChI=1S/C19H16N4O7/c24-17(8-3-12-1-5-14(6-2-12)23(27)28)20-10-18(25)21-22-19(26)13-4-7-15-16(9-13)30-11-29-15/h1-9H,10-11H2,(H,20,24)(H,21,25)(H,22,26)/b8-3+. The number of carbonyl (C=O) groups is 3. The second-order valence-electron chi connectivity index (χ2n) is 5.97. The van der Waals surface area contributed by atoms with Gasteiger partial charge in [0, 0.05) is 23.8 Å². The lowest BCUT2D eigenvalue weighted by molar-refractivity contribution is -0.384. The summed E-state index contributed by atoms with van der Waals surface area (Å²) in [5.74, 6) is -0.793. The molecular weight excluding hydrogens is 396 g/mol. The molecule has 0 unspecified atom stereocenters. The van der Waals surface area contributed by atoms with Gasteiger partial charge >= 0.3 is 0 Å². The van der Waals surface area contributed by atoms with Crippen LogP contribution >= 0.6 is 0 Å². The molecule has 1 aliphatic heterocycles. The molecule has 154 valence electrons. The number of fused-ring (bicyclic) bond motifs is 1. The molecular formula is C19H16N4O7. The van der Waals surface area contributed by atoms with Gasteiger partial charge in [-0.25, -0.2) is 0 Å². The van der Waals surface area contributed by atoms with E-state index in [0.29, 0.717) is 17.1 Å². The molecule has 3 rings (SSSR count). The molecule has 0 bridgehead atoms. The van der Waals surface area contributed by atoms with E-state index in [1.165, 1.54) is 48.6 Å². The van der Waals surface area contributed by atoms with Crippen LogP contribution in [0.1, 0.15) is 15.9 Å². The van der Waals surface area contributed by atoms with Gasteiger partial charge < -0.3 is 14.8 Å². The van der Waals surface area contributed by atoms with Crippen LogP contribution in [0.5, 0.6) is 11.5 Å². The highest BCUT2D eigenvalue weighted by molar-refractivity contribution is 5.97. The van der Waals surface area contributed by atoms with Crippen molar-refractivity contribution in [3.05, 3.63) is 69.8 Å². The molecule has 1 heterocycles. The summed E-state index contributed by atoms with van der Waals surface area (Å²) in [4.78, 5) is 45.7. The van der Waals surface area contributed by atoms with Crippen LogP contribution in [0.25, 0.3) is 6.08 Å². The fourth-order valence-corrected chi connectivity index (χ4v) is 2.39. The van der Waals surface area contributed by atoms with Crippen molar-refractivity contribution in [1.29, 1.82) is 0 Å². The van der Waals surface area contributed by atoms with Gasteiger partial charge in [-0.05, 0) is 42.0 Å². The first kappa shape index (κ1) is 20.3. The minimum Gasteiger partial charge on any atom is -0.454 e. The van der Waals surface area contributed by atoms with Crippen molar-refractivity contribution in [3.8, 4) is 11.5 Å². The lowest BCUT2D eigenvalue weighted by atomic mass is 10.2. The molecule has 3 N–H and O–H groups in total. The Hall–Kier alpha value is -4.41. The van der Waals surface area contributed by atoms with Crippen LogP contribution < -0.4 is 25.6 Å². The van der Waals surface area contributed by atoms with Crippen LogP contribution in [0.3, 0.4) is 0 Å².